The van der Waals surface area contributed by atoms with Crippen LogP contribution in [-0.4, -0.2) is 233 Å². The van der Waals surface area contributed by atoms with Gasteiger partial charge in [-0.2, -0.15) is 0 Å². The van der Waals surface area contributed by atoms with Crippen molar-refractivity contribution in [2.24, 2.45) is 0 Å². The summed E-state index contributed by atoms with van der Waals surface area (Å²) in [5.41, 5.74) is -0.927. The summed E-state index contributed by atoms with van der Waals surface area (Å²) in [5, 5.41) is 17.2. The topological polar surface area (TPSA) is 358 Å². The van der Waals surface area contributed by atoms with E-state index < -0.39 is 224 Å². The Kier molecular flexibility index (Phi) is 22.3. The summed E-state index contributed by atoms with van der Waals surface area (Å²) in [6, 6.07) is 4.02. The number of amides is 6. The van der Waals surface area contributed by atoms with Crippen LogP contribution >= 0.6 is 0 Å². The number of hydrogen-bond donors (Lipinski definition) is 6. The average Bonchev–Trinajstić information content (AvgIpc) is 1.63. The molecular formula is C63H96N6O25. The van der Waals surface area contributed by atoms with Gasteiger partial charge in [0, 0.05) is 46.6 Å². The highest BCUT2D eigenvalue weighted by molar-refractivity contribution is 5.83. The van der Waals surface area contributed by atoms with Crippen LogP contribution in [0.2, 0.25) is 0 Å². The SMILES string of the molecule is COC(=O)C[C@H](NC(=O)C[C@@H](NC(=O)C[C@H](NC(=O)C[C@@H](NC(=O)OCc1ccccc1)[C@H]1O[C@H](CNC(=O)OC(C)(C)C)[C@H]2OC(C)(C)O[C@@H]12)[C@H]1O[C@H](OC)[C@H]2OC(C)(C)O[C@H]21)[C@H]1O[C@H](OC)[C@H]2OC(C)(C)O[C@H]21)[C@H]1O[C@H](CNC(=O)OC(C)(C)C)[C@H]2OC(C)(C)O[C@@H]12. The van der Waals surface area contributed by atoms with Crippen molar-refractivity contribution in [1.29, 1.82) is 0 Å². The van der Waals surface area contributed by atoms with E-state index in [0.29, 0.717) is 5.56 Å². The molecular weight excluding hydrogens is 1240 g/mol. The number of alkyl carbamates (subject to hydrolysis) is 3. The molecule has 0 aromatic heterocycles. The zero-order chi connectivity index (χ0) is 68.6. The van der Waals surface area contributed by atoms with E-state index in [1.54, 1.807) is 121 Å². The maximum absolute atomic E-state index is 15.3. The molecule has 0 aliphatic carbocycles. The van der Waals surface area contributed by atoms with Crippen LogP contribution in [0.5, 0.6) is 0 Å². The summed E-state index contributed by atoms with van der Waals surface area (Å²) in [6.45, 7) is 23.6. The molecule has 94 heavy (non-hydrogen) atoms. The molecule has 1 aromatic rings. The zero-order valence-electron chi connectivity index (χ0n) is 56.6. The molecule has 31 nitrogen and oxygen atoms in total. The van der Waals surface area contributed by atoms with Gasteiger partial charge in [0.25, 0.3) is 0 Å². The fraction of sp³-hybridized carbons (Fsp3) is 0.794. The van der Waals surface area contributed by atoms with Crippen LogP contribution in [0.15, 0.2) is 30.3 Å². The molecule has 1 aromatic carbocycles. The lowest BCUT2D eigenvalue weighted by Crippen LogP contribution is -2.56. The monoisotopic (exact) mass is 1340 g/mol. The Morgan fingerprint density at radius 1 is 0.436 bits per heavy atom. The van der Waals surface area contributed by atoms with Crippen LogP contribution in [0.25, 0.3) is 0 Å². The highest BCUT2D eigenvalue weighted by atomic mass is 16.8. The summed E-state index contributed by atoms with van der Waals surface area (Å²) in [7, 11) is 4.01. The third-order valence-corrected chi connectivity index (χ3v) is 16.6. The van der Waals surface area contributed by atoms with Crippen LogP contribution in [-0.2, 0) is 111 Å². The number of carbonyl (C=O) groups is 7. The van der Waals surface area contributed by atoms with Gasteiger partial charge < -0.3 is 117 Å². The minimum atomic E-state index is -1.28. The molecule has 0 spiro atoms. The molecule has 8 aliphatic heterocycles. The predicted octanol–water partition coefficient (Wildman–Crippen LogP) is 2.88. The molecule has 0 unspecified atom stereocenters. The van der Waals surface area contributed by atoms with E-state index in [4.69, 9.17) is 85.3 Å². The van der Waals surface area contributed by atoms with E-state index in [-0.39, 0.29) is 19.7 Å². The van der Waals surface area contributed by atoms with Gasteiger partial charge in [-0.05, 0) is 102 Å². The molecule has 20 atom stereocenters. The van der Waals surface area contributed by atoms with E-state index in [1.165, 1.54) is 21.3 Å². The highest BCUT2D eigenvalue weighted by Gasteiger charge is 2.62. The minimum absolute atomic E-state index is 0.0888. The summed E-state index contributed by atoms with van der Waals surface area (Å²) < 4.78 is 110. The number of rotatable bonds is 24. The molecule has 31 heteroatoms. The van der Waals surface area contributed by atoms with Gasteiger partial charge in [0.15, 0.2) is 35.7 Å². The van der Waals surface area contributed by atoms with Gasteiger partial charge in [0.2, 0.25) is 17.7 Å². The third kappa shape index (κ3) is 18.3. The van der Waals surface area contributed by atoms with Gasteiger partial charge in [-0.15, -0.1) is 0 Å². The number of ether oxygens (including phenoxy) is 18. The van der Waals surface area contributed by atoms with Gasteiger partial charge in [0.1, 0.15) is 103 Å². The smallest absolute Gasteiger partial charge is 0.407 e. The molecule has 6 amide bonds. The zero-order valence-corrected chi connectivity index (χ0v) is 56.6. The Hall–Kier alpha value is -5.65. The summed E-state index contributed by atoms with van der Waals surface area (Å²) >= 11 is 0. The second-order valence-electron chi connectivity index (χ2n) is 28.4. The highest BCUT2D eigenvalue weighted by Crippen LogP contribution is 2.45. The van der Waals surface area contributed by atoms with Crippen molar-refractivity contribution in [3.8, 4) is 0 Å². The average molecular weight is 1340 g/mol. The first-order valence-corrected chi connectivity index (χ1v) is 31.9. The first-order chi connectivity index (χ1) is 43.9. The summed E-state index contributed by atoms with van der Waals surface area (Å²) in [4.78, 5) is 98.3. The van der Waals surface area contributed by atoms with Crippen molar-refractivity contribution in [1.82, 2.24) is 31.9 Å². The summed E-state index contributed by atoms with van der Waals surface area (Å²) in [6.07, 6.45) is -19.5. The lowest BCUT2D eigenvalue weighted by Gasteiger charge is -2.33. The molecule has 8 saturated heterocycles. The first-order valence-electron chi connectivity index (χ1n) is 31.9. The molecule has 6 N–H and O–H groups in total. The van der Waals surface area contributed by atoms with E-state index >= 15 is 9.59 Å². The summed E-state index contributed by atoms with van der Waals surface area (Å²) in [5.74, 6) is -7.54. The normalized spacial score (nSPS) is 33.5. The fourth-order valence-corrected chi connectivity index (χ4v) is 13.2. The van der Waals surface area contributed by atoms with Crippen molar-refractivity contribution in [2.75, 3.05) is 34.4 Å². The van der Waals surface area contributed by atoms with Gasteiger partial charge in [0.05, 0.1) is 37.7 Å². The Morgan fingerprint density at radius 2 is 0.766 bits per heavy atom. The second kappa shape index (κ2) is 28.8. The van der Waals surface area contributed by atoms with Gasteiger partial charge in [-0.25, -0.2) is 14.4 Å². The lowest BCUT2D eigenvalue weighted by molar-refractivity contribution is -0.230. The van der Waals surface area contributed by atoms with Crippen molar-refractivity contribution in [3.63, 3.8) is 0 Å². The molecule has 0 saturated carbocycles. The van der Waals surface area contributed by atoms with Crippen LogP contribution in [0.1, 0.15) is 128 Å². The molecule has 8 aliphatic rings. The third-order valence-electron chi connectivity index (χ3n) is 16.6. The van der Waals surface area contributed by atoms with Gasteiger partial charge in [-0.1, -0.05) is 30.3 Å². The van der Waals surface area contributed by atoms with Crippen molar-refractivity contribution in [2.45, 2.75) is 286 Å². The standard InChI is InChI=1S/C63H96N6O25/c1-58(2,3)93-55(74)64-27-35-45-47(87-60(7,8)85-45)41(81-35)33(69-57(76)80-29-30-21-19-18-20-22-30)25-39(72)67-31(43-49-51(53(78-16)83-43)91-62(11,12)89-49)23-37(70)66-32(44-50-52(54(79-17)84-44)92-63(13,14)90-50)24-38(71)68-34(26-40(73)77-15)42-48-46(86-61(9,10)88-48)36(82-42)28-65-56(75)94-59(4,5)6/h18-22,31-36,41-54H,23-29H2,1-17H3,(H,64,74)(H,65,75)(H,66,70)(H,67,72)(H,68,71)(H,69,76)/t31-,32+,33+,34-,35+,36+,41+,42+,43+,44+,45+,46+,47-,48-,49-,50-,51-,52-,53-,54-/m0/s1. The number of nitrogens with one attached hydrogen (secondary N) is 6. The number of carbonyl (C=O) groups excluding carboxylic acids is 7. The molecule has 8 fully saturated rings. The molecule has 0 bridgehead atoms. The maximum atomic E-state index is 15.3. The van der Waals surface area contributed by atoms with E-state index in [0.717, 1.165) is 0 Å². The number of esters is 1. The molecule has 9 rings (SSSR count). The Morgan fingerprint density at radius 3 is 1.13 bits per heavy atom. The van der Waals surface area contributed by atoms with Gasteiger partial charge >= 0.3 is 24.2 Å². The second-order valence-corrected chi connectivity index (χ2v) is 28.4. The number of methoxy groups -OCH3 is 3. The fourth-order valence-electron chi connectivity index (χ4n) is 13.2. The van der Waals surface area contributed by atoms with Crippen molar-refractivity contribution in [3.05, 3.63) is 35.9 Å². The molecule has 8 heterocycles. The maximum Gasteiger partial charge on any atom is 0.407 e. The van der Waals surface area contributed by atoms with E-state index in [9.17, 15) is 24.0 Å². The molecule has 0 radical (unpaired) electrons. The van der Waals surface area contributed by atoms with Crippen LogP contribution < -0.4 is 31.9 Å². The Labute approximate surface area is 547 Å². The van der Waals surface area contributed by atoms with Gasteiger partial charge in [-0.3, -0.25) is 19.2 Å². The van der Waals surface area contributed by atoms with E-state index in [2.05, 4.69) is 31.9 Å². The number of benzene rings is 1. The predicted molar refractivity (Wildman–Crippen MR) is 322 cm³/mol. The van der Waals surface area contributed by atoms with Crippen LogP contribution in [0.3, 0.4) is 0 Å². The first kappa shape index (κ1) is 72.6. The number of hydrogen-bond acceptors (Lipinski definition) is 25. The largest absolute Gasteiger partial charge is 0.469 e. The Balaban J connectivity index is 0.992. The van der Waals surface area contributed by atoms with Crippen LogP contribution in [0, 0.1) is 0 Å². The molecule has 528 valence electrons. The van der Waals surface area contributed by atoms with Crippen LogP contribution in [0.4, 0.5) is 14.4 Å². The van der Waals surface area contributed by atoms with Crippen molar-refractivity contribution < 1.29 is 119 Å². The Bertz CT molecular complexity index is 2850. The minimum Gasteiger partial charge on any atom is -0.469 e. The lowest BCUT2D eigenvalue weighted by atomic mass is 9.96. The number of fused-ring (bicyclic) bond motifs is 4. The quantitative estimate of drug-likeness (QED) is 0.0640. The van der Waals surface area contributed by atoms with Crippen molar-refractivity contribution >= 4 is 42.0 Å². The van der Waals surface area contributed by atoms with E-state index in [1.807, 2.05) is 6.07 Å².